The van der Waals surface area contributed by atoms with E-state index in [1.807, 2.05) is 24.3 Å². The molecule has 1 aliphatic heterocycles. The van der Waals surface area contributed by atoms with Gasteiger partial charge in [-0.2, -0.15) is 0 Å². The van der Waals surface area contributed by atoms with Crippen LogP contribution in [0.1, 0.15) is 48.3 Å². The molecular weight excluding hydrogens is 348 g/mol. The summed E-state index contributed by atoms with van der Waals surface area (Å²) in [4.78, 5) is 27.2. The number of amides is 2. The Morgan fingerprint density at radius 3 is 2.27 bits per heavy atom. The minimum atomic E-state index is -0.643. The average molecular weight is 371 g/mol. The fraction of sp³-hybridized carbons (Fsp3) is 0.333. The van der Waals surface area contributed by atoms with Crippen molar-refractivity contribution in [2.75, 3.05) is 13.1 Å². The number of nitrogens with zero attached hydrogens (tertiary/aromatic N) is 1. The first-order valence-electron chi connectivity index (χ1n) is 8.72. The Kier molecular flexibility index (Phi) is 5.05. The third kappa shape index (κ3) is 3.75. The normalized spacial score (nSPS) is 17.8. The maximum Gasteiger partial charge on any atom is 0.254 e. The number of piperazine rings is 1. The van der Waals surface area contributed by atoms with E-state index in [1.54, 1.807) is 29.2 Å². The first-order valence-corrected chi connectivity index (χ1v) is 9.10. The smallest absolute Gasteiger partial charge is 0.254 e. The van der Waals surface area contributed by atoms with Crippen molar-refractivity contribution >= 4 is 23.4 Å². The Bertz CT molecular complexity index is 807. The van der Waals surface area contributed by atoms with Crippen LogP contribution in [0.15, 0.2) is 48.5 Å². The van der Waals surface area contributed by atoms with Crippen LogP contribution in [0.5, 0.6) is 0 Å². The molecule has 1 fully saturated rings. The lowest BCUT2D eigenvalue weighted by Gasteiger charge is -2.35. The minimum Gasteiger partial charge on any atom is -0.352 e. The number of rotatable bonds is 2. The predicted molar refractivity (Wildman–Crippen MR) is 103 cm³/mol. The second kappa shape index (κ2) is 7.12. The summed E-state index contributed by atoms with van der Waals surface area (Å²) in [6, 6.07) is 14.1. The van der Waals surface area contributed by atoms with Crippen molar-refractivity contribution in [2.24, 2.45) is 0 Å². The van der Waals surface area contributed by atoms with Gasteiger partial charge < -0.3 is 10.2 Å². The lowest BCUT2D eigenvalue weighted by atomic mass is 9.86. The summed E-state index contributed by atoms with van der Waals surface area (Å²) in [5.74, 6) is -0.307. The van der Waals surface area contributed by atoms with Crippen LogP contribution in [0.4, 0.5) is 0 Å². The highest BCUT2D eigenvalue weighted by atomic mass is 35.5. The molecule has 0 saturated carbocycles. The second-order valence-electron chi connectivity index (χ2n) is 7.57. The lowest BCUT2D eigenvalue weighted by Crippen LogP contribution is -2.52. The van der Waals surface area contributed by atoms with E-state index in [2.05, 4.69) is 26.1 Å². The molecule has 1 saturated heterocycles. The molecule has 2 aromatic carbocycles. The van der Waals surface area contributed by atoms with Crippen LogP contribution in [-0.2, 0) is 10.2 Å². The van der Waals surface area contributed by atoms with E-state index in [1.165, 1.54) is 5.56 Å². The van der Waals surface area contributed by atoms with Gasteiger partial charge in [-0.05, 0) is 40.8 Å². The maximum atomic E-state index is 13.1. The summed E-state index contributed by atoms with van der Waals surface area (Å²) in [6.07, 6.45) is 0. The fourth-order valence-electron chi connectivity index (χ4n) is 3.14. The van der Waals surface area contributed by atoms with Crippen LogP contribution < -0.4 is 5.32 Å². The molecule has 1 heterocycles. The predicted octanol–water partition coefficient (Wildman–Crippen LogP) is 3.95. The van der Waals surface area contributed by atoms with E-state index in [4.69, 9.17) is 11.6 Å². The van der Waals surface area contributed by atoms with E-state index >= 15 is 0 Å². The van der Waals surface area contributed by atoms with Gasteiger partial charge >= 0.3 is 0 Å². The number of hydrogen-bond donors (Lipinski definition) is 1. The van der Waals surface area contributed by atoms with Crippen molar-refractivity contribution in [3.05, 3.63) is 70.2 Å². The van der Waals surface area contributed by atoms with Crippen molar-refractivity contribution in [3.63, 3.8) is 0 Å². The topological polar surface area (TPSA) is 49.4 Å². The molecule has 0 aromatic heterocycles. The molecular formula is C21H23ClN2O2. The minimum absolute atomic E-state index is 0.0262. The van der Waals surface area contributed by atoms with Crippen molar-refractivity contribution < 1.29 is 9.59 Å². The van der Waals surface area contributed by atoms with Crippen molar-refractivity contribution in [2.45, 2.75) is 32.2 Å². The third-order valence-electron chi connectivity index (χ3n) is 4.66. The largest absolute Gasteiger partial charge is 0.352 e. The van der Waals surface area contributed by atoms with Gasteiger partial charge in [0.1, 0.15) is 6.04 Å². The Balaban J connectivity index is 1.90. The molecule has 2 aromatic rings. The van der Waals surface area contributed by atoms with E-state index < -0.39 is 6.04 Å². The Morgan fingerprint density at radius 1 is 1.08 bits per heavy atom. The van der Waals surface area contributed by atoms with E-state index in [9.17, 15) is 9.59 Å². The van der Waals surface area contributed by atoms with Crippen molar-refractivity contribution in [3.8, 4) is 0 Å². The second-order valence-corrected chi connectivity index (χ2v) is 8.01. The highest BCUT2D eigenvalue weighted by molar-refractivity contribution is 6.30. The summed E-state index contributed by atoms with van der Waals surface area (Å²) in [7, 11) is 0. The first-order chi connectivity index (χ1) is 12.3. The van der Waals surface area contributed by atoms with E-state index in [-0.39, 0.29) is 17.2 Å². The molecule has 0 spiro atoms. The number of hydrogen-bond acceptors (Lipinski definition) is 2. The zero-order valence-corrected chi connectivity index (χ0v) is 16.0. The Labute approximate surface area is 159 Å². The molecule has 2 amide bonds. The Hall–Kier alpha value is -2.33. The van der Waals surface area contributed by atoms with Crippen LogP contribution in [0.3, 0.4) is 0 Å². The molecule has 0 radical (unpaired) electrons. The monoisotopic (exact) mass is 370 g/mol. The molecule has 1 atom stereocenters. The van der Waals surface area contributed by atoms with Gasteiger partial charge in [0.15, 0.2) is 0 Å². The van der Waals surface area contributed by atoms with Crippen LogP contribution in [0.25, 0.3) is 0 Å². The molecule has 0 bridgehead atoms. The molecule has 1 aliphatic rings. The van der Waals surface area contributed by atoms with Crippen molar-refractivity contribution in [1.29, 1.82) is 0 Å². The first kappa shape index (κ1) is 18.5. The van der Waals surface area contributed by atoms with Crippen LogP contribution in [0.2, 0.25) is 5.02 Å². The average Bonchev–Trinajstić information content (AvgIpc) is 2.61. The van der Waals surface area contributed by atoms with Crippen molar-refractivity contribution in [1.82, 2.24) is 10.2 Å². The Morgan fingerprint density at radius 2 is 1.69 bits per heavy atom. The molecule has 1 N–H and O–H groups in total. The van der Waals surface area contributed by atoms with Crippen LogP contribution in [-0.4, -0.2) is 29.8 Å². The van der Waals surface area contributed by atoms with Gasteiger partial charge in [-0.25, -0.2) is 0 Å². The molecule has 26 heavy (non-hydrogen) atoms. The molecule has 4 nitrogen and oxygen atoms in total. The van der Waals surface area contributed by atoms with Gasteiger partial charge in [0.05, 0.1) is 0 Å². The number of carbonyl (C=O) groups is 2. The maximum absolute atomic E-state index is 13.1. The zero-order chi connectivity index (χ0) is 18.9. The zero-order valence-electron chi connectivity index (χ0n) is 15.3. The number of halogens is 1. The molecule has 0 aliphatic carbocycles. The summed E-state index contributed by atoms with van der Waals surface area (Å²) in [5.41, 5.74) is 2.54. The molecule has 1 unspecified atom stereocenters. The summed E-state index contributed by atoms with van der Waals surface area (Å²) >= 11 is 5.95. The molecule has 5 heteroatoms. The number of benzene rings is 2. The number of nitrogens with one attached hydrogen (secondary N) is 1. The van der Waals surface area contributed by atoms with E-state index in [0.29, 0.717) is 23.7 Å². The lowest BCUT2D eigenvalue weighted by molar-refractivity contribution is -0.128. The summed E-state index contributed by atoms with van der Waals surface area (Å²) in [5, 5.41) is 3.44. The molecule has 136 valence electrons. The fourth-order valence-corrected chi connectivity index (χ4v) is 3.27. The van der Waals surface area contributed by atoms with Crippen LogP contribution >= 0.6 is 11.6 Å². The highest BCUT2D eigenvalue weighted by Gasteiger charge is 2.34. The van der Waals surface area contributed by atoms with Gasteiger partial charge in [-0.15, -0.1) is 0 Å². The van der Waals surface area contributed by atoms with Gasteiger partial charge in [0.2, 0.25) is 5.91 Å². The van der Waals surface area contributed by atoms with E-state index in [0.717, 1.165) is 5.56 Å². The van der Waals surface area contributed by atoms with Gasteiger partial charge in [-0.3, -0.25) is 9.59 Å². The quantitative estimate of drug-likeness (QED) is 0.870. The summed E-state index contributed by atoms with van der Waals surface area (Å²) in [6.45, 7) is 7.33. The highest BCUT2D eigenvalue weighted by Crippen LogP contribution is 2.27. The van der Waals surface area contributed by atoms with Crippen LogP contribution in [0, 0.1) is 0 Å². The molecule has 3 rings (SSSR count). The SMILES string of the molecule is CC(C)(C)c1ccc(C(=O)N2CCNC(=O)C2c2ccc(Cl)cc2)cc1. The number of carbonyl (C=O) groups excluding carboxylic acids is 2. The standard InChI is InChI=1S/C21H23ClN2O2/c1-21(2,3)16-8-4-15(5-9-16)20(26)24-13-12-23-19(25)18(24)14-6-10-17(22)11-7-14/h4-11,18H,12-13H2,1-3H3,(H,23,25). The van der Waals surface area contributed by atoms with Gasteiger partial charge in [0, 0.05) is 23.7 Å². The van der Waals surface area contributed by atoms with Gasteiger partial charge in [-0.1, -0.05) is 56.6 Å². The van der Waals surface area contributed by atoms with Gasteiger partial charge in [0.25, 0.3) is 5.91 Å². The third-order valence-corrected chi connectivity index (χ3v) is 4.91. The summed E-state index contributed by atoms with van der Waals surface area (Å²) < 4.78 is 0.